The second kappa shape index (κ2) is 4.58. The van der Waals surface area contributed by atoms with Crippen molar-refractivity contribution in [1.29, 1.82) is 0 Å². The normalized spacial score (nSPS) is 45.6. The molecule has 4 atom stereocenters. The quantitative estimate of drug-likeness (QED) is 0.821. The predicted molar refractivity (Wildman–Crippen MR) is 77.9 cm³/mol. The highest BCUT2D eigenvalue weighted by molar-refractivity contribution is 5.76. The summed E-state index contributed by atoms with van der Waals surface area (Å²) >= 11 is 0. The molecule has 0 amide bonds. The average Bonchev–Trinajstić information content (AvgIpc) is 2.22. The van der Waals surface area contributed by atoms with E-state index >= 15 is 0 Å². The summed E-state index contributed by atoms with van der Waals surface area (Å²) in [5, 5.41) is 10.8. The molecule has 2 aliphatic carbocycles. The van der Waals surface area contributed by atoms with Gasteiger partial charge >= 0.3 is 0 Å². The Bertz CT molecular complexity index is 369. The molecular formula is C17H30O2. The van der Waals surface area contributed by atoms with Gasteiger partial charge < -0.3 is 9.90 Å². The second-order valence-corrected chi connectivity index (χ2v) is 8.26. The van der Waals surface area contributed by atoms with Crippen LogP contribution in [0.2, 0.25) is 0 Å². The van der Waals surface area contributed by atoms with E-state index in [0.29, 0.717) is 17.8 Å². The Labute approximate surface area is 118 Å². The van der Waals surface area contributed by atoms with Crippen LogP contribution in [-0.4, -0.2) is 16.5 Å². The minimum atomic E-state index is -0.676. The molecule has 110 valence electrons. The van der Waals surface area contributed by atoms with Crippen LogP contribution in [0.3, 0.4) is 0 Å². The van der Waals surface area contributed by atoms with Crippen LogP contribution < -0.4 is 0 Å². The first-order chi connectivity index (χ1) is 8.59. The number of Topliss-reactive ketones (excluding diaryl/α,β-unsaturated/α-hetero) is 1. The Hall–Kier alpha value is -0.370. The Morgan fingerprint density at radius 3 is 2.37 bits per heavy atom. The molecule has 0 aromatic carbocycles. The van der Waals surface area contributed by atoms with Crippen LogP contribution in [0.25, 0.3) is 0 Å². The van der Waals surface area contributed by atoms with Gasteiger partial charge in [-0.05, 0) is 62.2 Å². The third-order valence-electron chi connectivity index (χ3n) is 6.25. The molecule has 2 nitrogen and oxygen atoms in total. The molecule has 0 aromatic heterocycles. The van der Waals surface area contributed by atoms with Gasteiger partial charge in [0.2, 0.25) is 0 Å². The van der Waals surface area contributed by atoms with Crippen molar-refractivity contribution >= 4 is 5.78 Å². The molecule has 4 unspecified atom stereocenters. The molecule has 0 saturated heterocycles. The highest BCUT2D eigenvalue weighted by atomic mass is 16.3. The highest BCUT2D eigenvalue weighted by Crippen LogP contribution is 2.62. The maximum atomic E-state index is 11.7. The molecular weight excluding hydrogens is 236 g/mol. The van der Waals surface area contributed by atoms with Gasteiger partial charge in [0.05, 0.1) is 5.60 Å². The third-order valence-corrected chi connectivity index (χ3v) is 6.25. The average molecular weight is 266 g/mol. The van der Waals surface area contributed by atoms with Crippen molar-refractivity contribution in [1.82, 2.24) is 0 Å². The standard InChI is InChI=1S/C17H30O2/c1-12(18)11-14-16(4)9-6-8-15(2,3)13(16)7-10-17(14,5)19/h13-14,19H,6-11H2,1-5H3. The summed E-state index contributed by atoms with van der Waals surface area (Å²) < 4.78 is 0. The van der Waals surface area contributed by atoms with E-state index in [0.717, 1.165) is 19.3 Å². The van der Waals surface area contributed by atoms with Crippen LogP contribution in [0.15, 0.2) is 0 Å². The first kappa shape index (κ1) is 15.0. The van der Waals surface area contributed by atoms with Crippen molar-refractivity contribution in [3.05, 3.63) is 0 Å². The van der Waals surface area contributed by atoms with E-state index in [-0.39, 0.29) is 17.1 Å². The SMILES string of the molecule is CC(=O)CC1C(C)(O)CCC2C(C)(C)CCCC21C. The van der Waals surface area contributed by atoms with Gasteiger partial charge in [0.1, 0.15) is 5.78 Å². The lowest BCUT2D eigenvalue weighted by Gasteiger charge is -2.61. The first-order valence-corrected chi connectivity index (χ1v) is 7.81. The number of fused-ring (bicyclic) bond motifs is 1. The van der Waals surface area contributed by atoms with Crippen LogP contribution >= 0.6 is 0 Å². The van der Waals surface area contributed by atoms with Gasteiger partial charge in [-0.2, -0.15) is 0 Å². The van der Waals surface area contributed by atoms with Crippen molar-refractivity contribution < 1.29 is 9.90 Å². The fourth-order valence-corrected chi connectivity index (χ4v) is 5.37. The van der Waals surface area contributed by atoms with E-state index in [9.17, 15) is 9.90 Å². The van der Waals surface area contributed by atoms with E-state index in [4.69, 9.17) is 0 Å². The topological polar surface area (TPSA) is 37.3 Å². The van der Waals surface area contributed by atoms with Crippen LogP contribution in [-0.2, 0) is 4.79 Å². The van der Waals surface area contributed by atoms with E-state index in [1.165, 1.54) is 12.8 Å². The molecule has 0 heterocycles. The molecule has 2 saturated carbocycles. The van der Waals surface area contributed by atoms with Gasteiger partial charge in [-0.15, -0.1) is 0 Å². The fraction of sp³-hybridized carbons (Fsp3) is 0.941. The van der Waals surface area contributed by atoms with Crippen molar-refractivity contribution in [2.75, 3.05) is 0 Å². The molecule has 0 radical (unpaired) electrons. The molecule has 0 bridgehead atoms. The van der Waals surface area contributed by atoms with Gasteiger partial charge in [0, 0.05) is 6.42 Å². The first-order valence-electron chi connectivity index (χ1n) is 7.81. The van der Waals surface area contributed by atoms with Crippen LogP contribution in [0.5, 0.6) is 0 Å². The summed E-state index contributed by atoms with van der Waals surface area (Å²) in [6, 6.07) is 0. The molecule has 2 heteroatoms. The Morgan fingerprint density at radius 2 is 1.79 bits per heavy atom. The Kier molecular flexibility index (Phi) is 3.62. The van der Waals surface area contributed by atoms with Gasteiger partial charge in [-0.3, -0.25) is 0 Å². The summed E-state index contributed by atoms with van der Waals surface area (Å²) in [4.78, 5) is 11.7. The fourth-order valence-electron chi connectivity index (χ4n) is 5.37. The smallest absolute Gasteiger partial charge is 0.130 e. The summed E-state index contributed by atoms with van der Waals surface area (Å²) in [5.41, 5.74) is -0.210. The van der Waals surface area contributed by atoms with Crippen molar-refractivity contribution in [2.24, 2.45) is 22.7 Å². The van der Waals surface area contributed by atoms with Gasteiger partial charge in [0.15, 0.2) is 0 Å². The lowest BCUT2D eigenvalue weighted by molar-refractivity contribution is -0.172. The third kappa shape index (κ3) is 2.49. The Morgan fingerprint density at radius 1 is 1.16 bits per heavy atom. The van der Waals surface area contributed by atoms with Gasteiger partial charge in [-0.1, -0.05) is 27.2 Å². The number of carbonyl (C=O) groups excluding carboxylic acids is 1. The van der Waals surface area contributed by atoms with Gasteiger partial charge in [0.25, 0.3) is 0 Å². The second-order valence-electron chi connectivity index (χ2n) is 8.26. The van der Waals surface area contributed by atoms with Gasteiger partial charge in [-0.25, -0.2) is 0 Å². The monoisotopic (exact) mass is 266 g/mol. The van der Waals surface area contributed by atoms with E-state index in [2.05, 4.69) is 20.8 Å². The number of carbonyl (C=O) groups is 1. The molecule has 0 spiro atoms. The molecule has 0 aromatic rings. The summed E-state index contributed by atoms with van der Waals surface area (Å²) in [6.07, 6.45) is 6.15. The van der Waals surface area contributed by atoms with Crippen molar-refractivity contribution in [3.63, 3.8) is 0 Å². The lowest BCUT2D eigenvalue weighted by atomic mass is 9.45. The summed E-state index contributed by atoms with van der Waals surface area (Å²) in [6.45, 7) is 10.7. The van der Waals surface area contributed by atoms with Crippen LogP contribution in [0.1, 0.15) is 73.1 Å². The molecule has 0 aliphatic heterocycles. The number of hydrogen-bond acceptors (Lipinski definition) is 2. The minimum Gasteiger partial charge on any atom is -0.390 e. The predicted octanol–water partition coefficient (Wildman–Crippen LogP) is 3.96. The zero-order valence-corrected chi connectivity index (χ0v) is 13.3. The van der Waals surface area contributed by atoms with Crippen LogP contribution in [0, 0.1) is 22.7 Å². The molecule has 19 heavy (non-hydrogen) atoms. The highest BCUT2D eigenvalue weighted by Gasteiger charge is 2.57. The van der Waals surface area contributed by atoms with Crippen molar-refractivity contribution in [2.45, 2.75) is 78.7 Å². The largest absolute Gasteiger partial charge is 0.390 e. The number of aliphatic hydroxyl groups is 1. The number of ketones is 1. The summed E-state index contributed by atoms with van der Waals surface area (Å²) in [5.74, 6) is 0.977. The molecule has 1 N–H and O–H groups in total. The lowest BCUT2D eigenvalue weighted by Crippen LogP contribution is -2.57. The Balaban J connectivity index is 2.38. The molecule has 2 rings (SSSR count). The minimum absolute atomic E-state index is 0.120. The molecule has 2 fully saturated rings. The molecule has 2 aliphatic rings. The summed E-state index contributed by atoms with van der Waals surface area (Å²) in [7, 11) is 0. The number of hydrogen-bond donors (Lipinski definition) is 1. The van der Waals surface area contributed by atoms with E-state index < -0.39 is 5.60 Å². The zero-order chi connectivity index (χ0) is 14.5. The maximum Gasteiger partial charge on any atom is 0.130 e. The number of rotatable bonds is 2. The zero-order valence-electron chi connectivity index (χ0n) is 13.3. The van der Waals surface area contributed by atoms with E-state index in [1.807, 2.05) is 6.92 Å². The van der Waals surface area contributed by atoms with E-state index in [1.54, 1.807) is 6.92 Å². The van der Waals surface area contributed by atoms with Crippen LogP contribution in [0.4, 0.5) is 0 Å². The maximum absolute atomic E-state index is 11.7. The van der Waals surface area contributed by atoms with Crippen molar-refractivity contribution in [3.8, 4) is 0 Å².